The summed E-state index contributed by atoms with van der Waals surface area (Å²) in [5.74, 6) is -0.339. The van der Waals surface area contributed by atoms with E-state index in [4.69, 9.17) is 9.88 Å². The Hall–Kier alpha value is -2.81. The molecule has 8 heteroatoms. The molecule has 0 spiro atoms. The molecular weight excluding hydrogens is 407 g/mol. The summed E-state index contributed by atoms with van der Waals surface area (Å²) in [7, 11) is -4.11. The normalized spacial score (nSPS) is 13.6. The molecule has 3 N–H and O–H groups in total. The van der Waals surface area contributed by atoms with Crippen LogP contribution in [-0.4, -0.2) is 30.7 Å². The number of nitrogens with zero attached hydrogens (tertiary/aromatic N) is 1. The number of aryl methyl sites for hydroxylation is 1. The molecular formula is C22H23FN2O4S. The summed E-state index contributed by atoms with van der Waals surface area (Å²) in [5.41, 5.74) is 2.25. The molecule has 0 bridgehead atoms. The number of hydrogen-bond donors (Lipinski definition) is 2. The lowest BCUT2D eigenvalue weighted by Gasteiger charge is -2.20. The third-order valence-corrected chi connectivity index (χ3v) is 5.69. The minimum absolute atomic E-state index is 0.418. The van der Waals surface area contributed by atoms with Crippen LogP contribution in [-0.2, 0) is 16.4 Å². The number of hydrogen-bond acceptors (Lipinski definition) is 5. The maximum atomic E-state index is 14.1. The summed E-state index contributed by atoms with van der Waals surface area (Å²) in [4.78, 5) is 3.52. The lowest BCUT2D eigenvalue weighted by molar-refractivity contribution is 0.0420. The topological polar surface area (TPSA) is 103 Å². The van der Waals surface area contributed by atoms with E-state index in [9.17, 15) is 17.9 Å². The number of rotatable bonds is 8. The minimum Gasteiger partial charge on any atom is -0.488 e. The van der Waals surface area contributed by atoms with Crippen molar-refractivity contribution in [2.75, 3.05) is 0 Å². The average molecular weight is 431 g/mol. The molecule has 1 heterocycles. The van der Waals surface area contributed by atoms with E-state index in [0.717, 1.165) is 17.7 Å². The Kier molecular flexibility index (Phi) is 6.81. The smallest absolute Gasteiger partial charge is 0.240 e. The van der Waals surface area contributed by atoms with Crippen LogP contribution < -0.4 is 9.88 Å². The van der Waals surface area contributed by atoms with Crippen molar-refractivity contribution in [3.05, 3.63) is 78.4 Å². The van der Waals surface area contributed by atoms with E-state index in [1.165, 1.54) is 6.07 Å². The van der Waals surface area contributed by atoms with Gasteiger partial charge in [0.2, 0.25) is 10.0 Å². The van der Waals surface area contributed by atoms with Crippen molar-refractivity contribution < 1.29 is 22.7 Å². The van der Waals surface area contributed by atoms with Crippen molar-refractivity contribution in [3.63, 3.8) is 0 Å². The number of nitrogens with two attached hydrogens (primary N) is 1. The first kappa shape index (κ1) is 21.9. The number of sulfonamides is 1. The molecule has 6 nitrogen and oxygen atoms in total. The van der Waals surface area contributed by atoms with Gasteiger partial charge in [-0.1, -0.05) is 24.3 Å². The monoisotopic (exact) mass is 430 g/mol. The predicted octanol–water partition coefficient (Wildman–Crippen LogP) is 3.30. The van der Waals surface area contributed by atoms with E-state index in [-0.39, 0.29) is 0 Å². The molecule has 1 aromatic heterocycles. The van der Waals surface area contributed by atoms with E-state index in [0.29, 0.717) is 29.7 Å². The standard InChI is InChI=1S/C22H23FN2O4S/c1-15(21(26)10-4-16-3-2-12-25-14-16)29-19-8-5-17(6-9-19)18-7-11-22(20(23)13-18)30(24,27)28/h2-3,5-9,11-15,21,26H,4,10H2,1H3,(H2,24,27,28)/t15-,21+/m0/s1. The van der Waals surface area contributed by atoms with Crippen molar-refractivity contribution in [2.24, 2.45) is 5.14 Å². The first-order valence-corrected chi connectivity index (χ1v) is 10.9. The van der Waals surface area contributed by atoms with Gasteiger partial charge in [-0.15, -0.1) is 0 Å². The van der Waals surface area contributed by atoms with Crippen molar-refractivity contribution >= 4 is 10.0 Å². The SMILES string of the molecule is C[C@H](Oc1ccc(-c2ccc(S(N)(=O)=O)c(F)c2)cc1)[C@H](O)CCc1cccnc1. The third-order valence-electron chi connectivity index (χ3n) is 4.74. The summed E-state index contributed by atoms with van der Waals surface area (Å²) in [6.07, 6.45) is 3.65. The molecule has 158 valence electrons. The van der Waals surface area contributed by atoms with Crippen LogP contribution in [0.25, 0.3) is 11.1 Å². The molecule has 0 aliphatic carbocycles. The van der Waals surface area contributed by atoms with E-state index >= 15 is 0 Å². The molecule has 0 fully saturated rings. The number of primary sulfonamides is 1. The van der Waals surface area contributed by atoms with Crippen LogP contribution in [0.15, 0.2) is 71.9 Å². The quantitative estimate of drug-likeness (QED) is 0.571. The zero-order chi connectivity index (χ0) is 21.7. The summed E-state index contributed by atoms with van der Waals surface area (Å²) in [6, 6.07) is 14.5. The van der Waals surface area contributed by atoms with Crippen LogP contribution in [0.3, 0.4) is 0 Å². The summed E-state index contributed by atoms with van der Waals surface area (Å²) in [6.45, 7) is 1.79. The van der Waals surface area contributed by atoms with Crippen LogP contribution in [0, 0.1) is 5.82 Å². The molecule has 0 unspecified atom stereocenters. The van der Waals surface area contributed by atoms with Crippen molar-refractivity contribution in [1.29, 1.82) is 0 Å². The highest BCUT2D eigenvalue weighted by molar-refractivity contribution is 7.89. The molecule has 0 aliphatic heterocycles. The Balaban J connectivity index is 1.62. The summed E-state index contributed by atoms with van der Waals surface area (Å²) >= 11 is 0. The van der Waals surface area contributed by atoms with Crippen LogP contribution >= 0.6 is 0 Å². The summed E-state index contributed by atoms with van der Waals surface area (Å²) in [5, 5.41) is 15.3. The molecule has 0 aliphatic rings. The lowest BCUT2D eigenvalue weighted by atomic mass is 10.0. The second-order valence-corrected chi connectivity index (χ2v) is 8.53. The molecule has 0 amide bonds. The van der Waals surface area contributed by atoms with Gasteiger partial charge >= 0.3 is 0 Å². The Morgan fingerprint density at radius 1 is 1.13 bits per heavy atom. The molecule has 3 aromatic rings. The van der Waals surface area contributed by atoms with Crippen molar-refractivity contribution in [3.8, 4) is 16.9 Å². The first-order chi connectivity index (χ1) is 14.2. The fourth-order valence-corrected chi connectivity index (χ4v) is 3.61. The minimum atomic E-state index is -4.11. The Bertz CT molecular complexity index is 1090. The summed E-state index contributed by atoms with van der Waals surface area (Å²) < 4.78 is 42.5. The number of benzene rings is 2. The highest BCUT2D eigenvalue weighted by atomic mass is 32.2. The molecule has 3 rings (SSSR count). The van der Waals surface area contributed by atoms with Gasteiger partial charge in [0, 0.05) is 12.4 Å². The number of aromatic nitrogens is 1. The molecule has 30 heavy (non-hydrogen) atoms. The molecule has 2 aromatic carbocycles. The molecule has 0 saturated carbocycles. The zero-order valence-electron chi connectivity index (χ0n) is 16.4. The first-order valence-electron chi connectivity index (χ1n) is 9.40. The fourth-order valence-electron chi connectivity index (χ4n) is 3.03. The average Bonchev–Trinajstić information content (AvgIpc) is 2.72. The fraction of sp³-hybridized carbons (Fsp3) is 0.227. The lowest BCUT2D eigenvalue weighted by Crippen LogP contribution is -2.29. The van der Waals surface area contributed by atoms with E-state index in [2.05, 4.69) is 4.98 Å². The van der Waals surface area contributed by atoms with Crippen LogP contribution in [0.2, 0.25) is 0 Å². The van der Waals surface area contributed by atoms with Gasteiger partial charge in [0.1, 0.15) is 22.6 Å². The highest BCUT2D eigenvalue weighted by Gasteiger charge is 2.17. The Labute approximate surface area is 175 Å². The predicted molar refractivity (Wildman–Crippen MR) is 112 cm³/mol. The van der Waals surface area contributed by atoms with Gasteiger partial charge in [-0.2, -0.15) is 0 Å². The van der Waals surface area contributed by atoms with Crippen molar-refractivity contribution in [1.82, 2.24) is 4.98 Å². The maximum Gasteiger partial charge on any atom is 0.240 e. The van der Waals surface area contributed by atoms with Crippen LogP contribution in [0.1, 0.15) is 18.9 Å². The van der Waals surface area contributed by atoms with E-state index in [1.807, 2.05) is 12.1 Å². The van der Waals surface area contributed by atoms with Gasteiger partial charge in [0.15, 0.2) is 0 Å². The van der Waals surface area contributed by atoms with Gasteiger partial charge in [0.25, 0.3) is 0 Å². The molecule has 0 radical (unpaired) electrons. The van der Waals surface area contributed by atoms with Gasteiger partial charge in [0.05, 0.1) is 6.10 Å². The number of pyridine rings is 1. The van der Waals surface area contributed by atoms with Gasteiger partial charge in [-0.25, -0.2) is 17.9 Å². The van der Waals surface area contributed by atoms with E-state index < -0.39 is 32.9 Å². The Morgan fingerprint density at radius 2 is 1.83 bits per heavy atom. The van der Waals surface area contributed by atoms with Gasteiger partial charge in [-0.05, 0) is 66.8 Å². The number of aliphatic hydroxyl groups is 1. The number of halogens is 1. The zero-order valence-corrected chi connectivity index (χ0v) is 17.2. The molecule has 0 saturated heterocycles. The molecule has 2 atom stereocenters. The third kappa shape index (κ3) is 5.63. The van der Waals surface area contributed by atoms with E-state index in [1.54, 1.807) is 43.6 Å². The van der Waals surface area contributed by atoms with Crippen molar-refractivity contribution in [2.45, 2.75) is 36.9 Å². The highest BCUT2D eigenvalue weighted by Crippen LogP contribution is 2.26. The number of aliphatic hydroxyl groups excluding tert-OH is 1. The second-order valence-electron chi connectivity index (χ2n) is 7.00. The largest absolute Gasteiger partial charge is 0.488 e. The second kappa shape index (κ2) is 9.34. The Morgan fingerprint density at radius 3 is 2.43 bits per heavy atom. The number of ether oxygens (including phenoxy) is 1. The van der Waals surface area contributed by atoms with Crippen LogP contribution in [0.5, 0.6) is 5.75 Å². The van der Waals surface area contributed by atoms with Gasteiger partial charge in [-0.3, -0.25) is 4.98 Å². The van der Waals surface area contributed by atoms with Crippen LogP contribution in [0.4, 0.5) is 4.39 Å². The maximum absolute atomic E-state index is 14.1. The van der Waals surface area contributed by atoms with Gasteiger partial charge < -0.3 is 9.84 Å².